The molecule has 1 aromatic heterocycles. The van der Waals surface area contributed by atoms with Crippen molar-refractivity contribution >= 4 is 5.91 Å². The second kappa shape index (κ2) is 6.22. The molecule has 1 saturated heterocycles. The van der Waals surface area contributed by atoms with Gasteiger partial charge in [0.15, 0.2) is 5.82 Å². The van der Waals surface area contributed by atoms with Gasteiger partial charge >= 0.3 is 0 Å². The fourth-order valence-corrected chi connectivity index (χ4v) is 3.01. The summed E-state index contributed by atoms with van der Waals surface area (Å²) in [5.74, 6) is 0.817. The first-order valence-electron chi connectivity index (χ1n) is 7.86. The highest BCUT2D eigenvalue weighted by Gasteiger charge is 2.43. The smallest absolute Gasteiger partial charge is 0.266 e. The zero-order valence-corrected chi connectivity index (χ0v) is 14.0. The molecule has 0 saturated carbocycles. The lowest BCUT2D eigenvalue weighted by atomic mass is 9.93. The average Bonchev–Trinajstić information content (AvgIpc) is 3.01. The summed E-state index contributed by atoms with van der Waals surface area (Å²) in [6.07, 6.45) is 0.804. The van der Waals surface area contributed by atoms with E-state index in [4.69, 9.17) is 9.26 Å². The van der Waals surface area contributed by atoms with Crippen molar-refractivity contribution in [2.75, 3.05) is 20.2 Å². The lowest BCUT2D eigenvalue weighted by molar-refractivity contribution is 0.0152. The zero-order valence-electron chi connectivity index (χ0n) is 14.0. The number of methoxy groups -OCH3 is 1. The Bertz CT molecular complexity index is 761. The van der Waals surface area contributed by atoms with Crippen molar-refractivity contribution in [3.8, 4) is 5.75 Å². The summed E-state index contributed by atoms with van der Waals surface area (Å²) < 4.78 is 25.4. The molecule has 2 heterocycles. The van der Waals surface area contributed by atoms with Crippen LogP contribution >= 0.6 is 0 Å². The van der Waals surface area contributed by atoms with E-state index in [9.17, 15) is 4.79 Å². The minimum atomic E-state index is -1.80. The van der Waals surface area contributed by atoms with Gasteiger partial charge in [-0.05, 0) is 50.5 Å². The number of benzene rings is 1. The Balaban J connectivity index is 1.83. The third kappa shape index (κ3) is 2.98. The lowest BCUT2D eigenvalue weighted by Gasteiger charge is -2.35. The number of piperidine rings is 1. The van der Waals surface area contributed by atoms with E-state index in [2.05, 4.69) is 10.1 Å². The Labute approximate surface area is 139 Å². The van der Waals surface area contributed by atoms with Crippen LogP contribution in [0.25, 0.3) is 0 Å². The van der Waals surface area contributed by atoms with Crippen LogP contribution in [0.2, 0.25) is 0 Å². The van der Waals surface area contributed by atoms with E-state index >= 15 is 4.39 Å². The topological polar surface area (TPSA) is 68.5 Å². The minimum absolute atomic E-state index is 0.0519. The molecule has 1 fully saturated rings. The monoisotopic (exact) mass is 333 g/mol. The second-order valence-corrected chi connectivity index (χ2v) is 6.12. The first-order chi connectivity index (χ1) is 11.4. The quantitative estimate of drug-likeness (QED) is 0.864. The molecule has 1 aromatic carbocycles. The van der Waals surface area contributed by atoms with E-state index in [1.807, 2.05) is 6.92 Å². The zero-order chi connectivity index (χ0) is 17.3. The summed E-state index contributed by atoms with van der Waals surface area (Å²) >= 11 is 0. The molecule has 1 atom stereocenters. The molecule has 128 valence electrons. The second-order valence-electron chi connectivity index (χ2n) is 6.12. The van der Waals surface area contributed by atoms with Gasteiger partial charge in [-0.2, -0.15) is 4.98 Å². The highest BCUT2D eigenvalue weighted by Crippen LogP contribution is 2.35. The lowest BCUT2D eigenvalue weighted by Crippen LogP contribution is -2.46. The maximum absolute atomic E-state index is 15.3. The number of aromatic nitrogens is 2. The molecule has 7 heteroatoms. The van der Waals surface area contributed by atoms with Crippen LogP contribution < -0.4 is 4.74 Å². The third-order valence-corrected chi connectivity index (χ3v) is 4.30. The number of likely N-dealkylation sites (tertiary alicyclic amines) is 1. The van der Waals surface area contributed by atoms with Crippen LogP contribution in [0.3, 0.4) is 0 Å². The number of carbonyl (C=O) groups is 1. The molecule has 1 unspecified atom stereocenters. The number of hydrogen-bond donors (Lipinski definition) is 0. The molecular weight excluding hydrogens is 313 g/mol. The molecule has 1 aliphatic heterocycles. The van der Waals surface area contributed by atoms with Crippen LogP contribution in [0.1, 0.15) is 40.5 Å². The number of aryl methyl sites for hydroxylation is 2. The Morgan fingerprint density at radius 3 is 2.83 bits per heavy atom. The first-order valence-corrected chi connectivity index (χ1v) is 7.86. The van der Waals surface area contributed by atoms with E-state index in [1.54, 1.807) is 32.2 Å². The summed E-state index contributed by atoms with van der Waals surface area (Å²) in [6, 6.07) is 5.23. The number of nitrogens with zero attached hydrogens (tertiary/aromatic N) is 3. The maximum Gasteiger partial charge on any atom is 0.266 e. The Kier molecular flexibility index (Phi) is 4.26. The van der Waals surface area contributed by atoms with Crippen molar-refractivity contribution in [2.45, 2.75) is 32.4 Å². The Morgan fingerprint density at radius 1 is 1.42 bits per heavy atom. The highest BCUT2D eigenvalue weighted by molar-refractivity contribution is 5.96. The molecule has 0 bridgehead atoms. The van der Waals surface area contributed by atoms with Gasteiger partial charge in [0.25, 0.3) is 11.8 Å². The molecule has 3 rings (SSSR count). The van der Waals surface area contributed by atoms with Crippen LogP contribution in [0, 0.1) is 13.8 Å². The number of alkyl halides is 1. The number of halogens is 1. The van der Waals surface area contributed by atoms with Gasteiger partial charge in [0.2, 0.25) is 5.67 Å². The minimum Gasteiger partial charge on any atom is -0.497 e. The number of ether oxygens (including phenoxy) is 1. The molecule has 0 aliphatic carbocycles. The van der Waals surface area contributed by atoms with E-state index < -0.39 is 5.67 Å². The predicted octanol–water partition coefficient (Wildman–Crippen LogP) is 2.80. The first kappa shape index (κ1) is 16.4. The van der Waals surface area contributed by atoms with Crippen LogP contribution in [0.5, 0.6) is 5.75 Å². The van der Waals surface area contributed by atoms with E-state index in [1.165, 1.54) is 4.90 Å². The van der Waals surface area contributed by atoms with Gasteiger partial charge in [-0.15, -0.1) is 0 Å². The average molecular weight is 333 g/mol. The number of carbonyl (C=O) groups excluding carboxylic acids is 1. The summed E-state index contributed by atoms with van der Waals surface area (Å²) in [7, 11) is 1.57. The van der Waals surface area contributed by atoms with Crippen molar-refractivity contribution in [3.63, 3.8) is 0 Å². The van der Waals surface area contributed by atoms with Crippen molar-refractivity contribution in [1.29, 1.82) is 0 Å². The normalized spacial score (nSPS) is 20.9. The van der Waals surface area contributed by atoms with Crippen molar-refractivity contribution < 1.29 is 18.4 Å². The Hall–Kier alpha value is -2.44. The number of amides is 1. The van der Waals surface area contributed by atoms with Gasteiger partial charge in [0, 0.05) is 12.1 Å². The van der Waals surface area contributed by atoms with Crippen molar-refractivity contribution in [3.05, 3.63) is 41.0 Å². The summed E-state index contributed by atoms with van der Waals surface area (Å²) in [5.41, 5.74) is -0.458. The summed E-state index contributed by atoms with van der Waals surface area (Å²) in [4.78, 5) is 18.3. The maximum atomic E-state index is 15.3. The Morgan fingerprint density at radius 2 is 2.21 bits per heavy atom. The standard InChI is InChI=1S/C17H20FN3O3/c1-11-9-13(23-3)5-6-14(11)15(22)21-8-4-7-17(18,10-21)16-19-12(2)20-24-16/h5-6,9H,4,7-8,10H2,1-3H3. The fraction of sp³-hybridized carbons (Fsp3) is 0.471. The van der Waals surface area contributed by atoms with Gasteiger partial charge in [0.05, 0.1) is 13.7 Å². The SMILES string of the molecule is COc1ccc(C(=O)N2CCCC(F)(c3nc(C)no3)C2)c(C)c1. The largest absolute Gasteiger partial charge is 0.497 e. The van der Waals surface area contributed by atoms with Gasteiger partial charge < -0.3 is 14.2 Å². The highest BCUT2D eigenvalue weighted by atomic mass is 19.1. The van der Waals surface area contributed by atoms with Gasteiger partial charge in [0.1, 0.15) is 5.75 Å². The third-order valence-electron chi connectivity index (χ3n) is 4.30. The molecule has 24 heavy (non-hydrogen) atoms. The molecule has 0 N–H and O–H groups in total. The molecule has 0 spiro atoms. The number of rotatable bonds is 3. The van der Waals surface area contributed by atoms with Gasteiger partial charge in [-0.1, -0.05) is 5.16 Å². The van der Waals surface area contributed by atoms with Crippen LogP contribution in [-0.4, -0.2) is 41.1 Å². The van der Waals surface area contributed by atoms with Crippen LogP contribution in [0.15, 0.2) is 22.7 Å². The molecule has 1 amide bonds. The summed E-state index contributed by atoms with van der Waals surface area (Å²) in [6.45, 7) is 3.90. The fourth-order valence-electron chi connectivity index (χ4n) is 3.01. The molecular formula is C17H20FN3O3. The van der Waals surface area contributed by atoms with Gasteiger partial charge in [-0.25, -0.2) is 4.39 Å². The molecule has 0 radical (unpaired) electrons. The van der Waals surface area contributed by atoms with Crippen molar-refractivity contribution in [2.24, 2.45) is 0 Å². The molecule has 1 aliphatic rings. The van der Waals surface area contributed by atoms with Crippen molar-refractivity contribution in [1.82, 2.24) is 15.0 Å². The molecule has 6 nitrogen and oxygen atoms in total. The van der Waals surface area contributed by atoms with Crippen LogP contribution in [-0.2, 0) is 5.67 Å². The summed E-state index contributed by atoms with van der Waals surface area (Å²) in [5, 5.41) is 3.65. The predicted molar refractivity (Wildman–Crippen MR) is 84.7 cm³/mol. The van der Waals surface area contributed by atoms with E-state index in [-0.39, 0.29) is 24.8 Å². The van der Waals surface area contributed by atoms with Crippen LogP contribution in [0.4, 0.5) is 4.39 Å². The number of hydrogen-bond acceptors (Lipinski definition) is 5. The van der Waals surface area contributed by atoms with E-state index in [0.717, 1.165) is 5.56 Å². The molecule has 2 aromatic rings. The van der Waals surface area contributed by atoms with E-state index in [0.29, 0.717) is 30.1 Å². The van der Waals surface area contributed by atoms with Gasteiger partial charge in [-0.3, -0.25) is 4.79 Å².